The van der Waals surface area contributed by atoms with Crippen molar-refractivity contribution in [3.05, 3.63) is 0 Å². The molecule has 0 fully saturated rings. The van der Waals surface area contributed by atoms with Crippen molar-refractivity contribution in [3.8, 4) is 0 Å². The lowest BCUT2D eigenvalue weighted by atomic mass is 10.4. The van der Waals surface area contributed by atoms with E-state index in [9.17, 15) is 4.79 Å². The van der Waals surface area contributed by atoms with Crippen LogP contribution in [0.1, 0.15) is 27.2 Å². The van der Waals surface area contributed by atoms with Gasteiger partial charge in [0, 0.05) is 13.0 Å². The van der Waals surface area contributed by atoms with Crippen molar-refractivity contribution in [1.82, 2.24) is 0 Å². The van der Waals surface area contributed by atoms with Crippen molar-refractivity contribution < 1.29 is 14.3 Å². The molecule has 0 amide bonds. The lowest BCUT2D eigenvalue weighted by Gasteiger charge is -2.11. The first-order valence-electron chi connectivity index (χ1n) is 3.97. The van der Waals surface area contributed by atoms with Crippen LogP contribution in [0, 0.1) is 0 Å². The molecule has 1 unspecified atom stereocenters. The third kappa shape index (κ3) is 5.85. The second kappa shape index (κ2) is 6.16. The molecule has 3 nitrogen and oxygen atoms in total. The lowest BCUT2D eigenvalue weighted by molar-refractivity contribution is -0.150. The van der Waals surface area contributed by atoms with E-state index in [0.717, 1.165) is 0 Å². The van der Waals surface area contributed by atoms with Gasteiger partial charge in [-0.05, 0) is 13.8 Å². The number of esters is 1. The van der Waals surface area contributed by atoms with Crippen LogP contribution in [0.25, 0.3) is 0 Å². The van der Waals surface area contributed by atoms with E-state index in [4.69, 9.17) is 9.47 Å². The molecule has 66 valence electrons. The predicted molar refractivity (Wildman–Crippen MR) is 42.3 cm³/mol. The van der Waals surface area contributed by atoms with Crippen LogP contribution in [0.2, 0.25) is 0 Å². The Labute approximate surface area is 67.7 Å². The lowest BCUT2D eigenvalue weighted by Crippen LogP contribution is -2.19. The van der Waals surface area contributed by atoms with Crippen molar-refractivity contribution in [2.24, 2.45) is 0 Å². The number of hydrogen-bond donors (Lipinski definition) is 0. The minimum absolute atomic E-state index is 0.123. The molecule has 0 bridgehead atoms. The van der Waals surface area contributed by atoms with E-state index in [2.05, 4.69) is 0 Å². The van der Waals surface area contributed by atoms with E-state index in [1.54, 1.807) is 6.92 Å². The molecule has 3 heteroatoms. The number of carbonyl (C=O) groups is 1. The third-order valence-corrected chi connectivity index (χ3v) is 1.18. The summed E-state index contributed by atoms with van der Waals surface area (Å²) in [6.45, 7) is 6.66. The van der Waals surface area contributed by atoms with Crippen molar-refractivity contribution >= 4 is 5.97 Å². The largest absolute Gasteiger partial charge is 0.460 e. The summed E-state index contributed by atoms with van der Waals surface area (Å²) in [6, 6.07) is 0. The van der Waals surface area contributed by atoms with Crippen molar-refractivity contribution in [2.75, 3.05) is 13.2 Å². The topological polar surface area (TPSA) is 35.5 Å². The molecule has 0 spiro atoms. The number of ether oxygens (including phenoxy) is 2. The van der Waals surface area contributed by atoms with Gasteiger partial charge in [-0.3, -0.25) is 4.79 Å². The smallest absolute Gasteiger partial charge is 0.305 e. The highest BCUT2D eigenvalue weighted by Gasteiger charge is 2.06. The van der Waals surface area contributed by atoms with Gasteiger partial charge in [-0.15, -0.1) is 0 Å². The minimum Gasteiger partial charge on any atom is -0.460 e. The quantitative estimate of drug-likeness (QED) is 0.570. The number of rotatable bonds is 5. The van der Waals surface area contributed by atoms with Crippen LogP contribution < -0.4 is 0 Å². The van der Waals surface area contributed by atoms with Crippen molar-refractivity contribution in [1.29, 1.82) is 0 Å². The standard InChI is InChI=1S/C8H16O3/c1-4-8(9)11-7(3)6-10-5-2/h7H,4-6H2,1-3H3. The summed E-state index contributed by atoms with van der Waals surface area (Å²) in [4.78, 5) is 10.7. The molecule has 0 aromatic heterocycles. The molecule has 0 saturated heterocycles. The molecule has 0 aromatic rings. The summed E-state index contributed by atoms with van der Waals surface area (Å²) in [5, 5.41) is 0. The van der Waals surface area contributed by atoms with Gasteiger partial charge in [-0.25, -0.2) is 0 Å². The average Bonchev–Trinajstić information content (AvgIpc) is 2.00. The van der Waals surface area contributed by atoms with Gasteiger partial charge in [0.2, 0.25) is 0 Å². The molecular weight excluding hydrogens is 144 g/mol. The maximum Gasteiger partial charge on any atom is 0.305 e. The van der Waals surface area contributed by atoms with Crippen LogP contribution in [0.5, 0.6) is 0 Å². The van der Waals surface area contributed by atoms with Gasteiger partial charge in [0.15, 0.2) is 0 Å². The second-order valence-corrected chi connectivity index (χ2v) is 2.31. The molecule has 0 aliphatic rings. The molecule has 0 radical (unpaired) electrons. The zero-order chi connectivity index (χ0) is 8.69. The van der Waals surface area contributed by atoms with Crippen LogP contribution in [0.15, 0.2) is 0 Å². The fourth-order valence-corrected chi connectivity index (χ4v) is 0.626. The van der Waals surface area contributed by atoms with Gasteiger partial charge >= 0.3 is 5.97 Å². The van der Waals surface area contributed by atoms with E-state index >= 15 is 0 Å². The molecular formula is C8H16O3. The predicted octanol–water partition coefficient (Wildman–Crippen LogP) is 1.36. The van der Waals surface area contributed by atoms with E-state index in [1.165, 1.54) is 0 Å². The summed E-state index contributed by atoms with van der Waals surface area (Å²) < 4.78 is 10.0. The van der Waals surface area contributed by atoms with Crippen molar-refractivity contribution in [2.45, 2.75) is 33.3 Å². The molecule has 0 saturated carbocycles. The Hall–Kier alpha value is -0.570. The fourth-order valence-electron chi connectivity index (χ4n) is 0.626. The fraction of sp³-hybridized carbons (Fsp3) is 0.875. The first kappa shape index (κ1) is 10.4. The minimum atomic E-state index is -0.169. The average molecular weight is 160 g/mol. The molecule has 0 aromatic carbocycles. The summed E-state index contributed by atoms with van der Waals surface area (Å²) in [7, 11) is 0. The van der Waals surface area contributed by atoms with Gasteiger partial charge in [0.1, 0.15) is 6.10 Å². The van der Waals surface area contributed by atoms with Crippen LogP contribution in [-0.2, 0) is 14.3 Å². The van der Waals surface area contributed by atoms with E-state index in [-0.39, 0.29) is 12.1 Å². The molecule has 0 aliphatic carbocycles. The van der Waals surface area contributed by atoms with Gasteiger partial charge in [0.05, 0.1) is 6.61 Å². The van der Waals surface area contributed by atoms with E-state index in [0.29, 0.717) is 19.6 Å². The Bertz CT molecular complexity index is 112. The van der Waals surface area contributed by atoms with E-state index < -0.39 is 0 Å². The molecule has 0 aliphatic heterocycles. The van der Waals surface area contributed by atoms with Crippen LogP contribution in [0.4, 0.5) is 0 Å². The molecule has 0 N–H and O–H groups in total. The first-order chi connectivity index (χ1) is 5.20. The van der Waals surface area contributed by atoms with Gasteiger partial charge in [-0.1, -0.05) is 6.92 Å². The third-order valence-electron chi connectivity index (χ3n) is 1.18. The van der Waals surface area contributed by atoms with Crippen LogP contribution >= 0.6 is 0 Å². The highest BCUT2D eigenvalue weighted by atomic mass is 16.6. The summed E-state index contributed by atoms with van der Waals surface area (Å²) >= 11 is 0. The zero-order valence-electron chi connectivity index (χ0n) is 7.42. The Morgan fingerprint density at radius 1 is 1.45 bits per heavy atom. The highest BCUT2D eigenvalue weighted by Crippen LogP contribution is 1.94. The van der Waals surface area contributed by atoms with Gasteiger partial charge < -0.3 is 9.47 Å². The maximum absolute atomic E-state index is 10.7. The summed E-state index contributed by atoms with van der Waals surface area (Å²) in [5.41, 5.74) is 0. The molecule has 0 rings (SSSR count). The van der Waals surface area contributed by atoms with Gasteiger partial charge in [0.25, 0.3) is 0 Å². The summed E-state index contributed by atoms with van der Waals surface area (Å²) in [6.07, 6.45) is 0.304. The zero-order valence-corrected chi connectivity index (χ0v) is 7.42. The van der Waals surface area contributed by atoms with Crippen LogP contribution in [0.3, 0.4) is 0 Å². The Morgan fingerprint density at radius 2 is 2.09 bits per heavy atom. The first-order valence-corrected chi connectivity index (χ1v) is 3.97. The van der Waals surface area contributed by atoms with Gasteiger partial charge in [-0.2, -0.15) is 0 Å². The second-order valence-electron chi connectivity index (χ2n) is 2.31. The number of hydrogen-bond acceptors (Lipinski definition) is 3. The SMILES string of the molecule is CCOCC(C)OC(=O)CC. The molecule has 1 atom stereocenters. The maximum atomic E-state index is 10.7. The monoisotopic (exact) mass is 160 g/mol. The Kier molecular flexibility index (Phi) is 5.84. The van der Waals surface area contributed by atoms with Crippen LogP contribution in [-0.4, -0.2) is 25.3 Å². The molecule has 0 heterocycles. The summed E-state index contributed by atoms with van der Waals surface area (Å²) in [5.74, 6) is -0.169. The molecule has 11 heavy (non-hydrogen) atoms. The number of carbonyl (C=O) groups excluding carboxylic acids is 1. The Morgan fingerprint density at radius 3 is 2.55 bits per heavy atom. The van der Waals surface area contributed by atoms with E-state index in [1.807, 2.05) is 13.8 Å². The Balaban J connectivity index is 3.35. The van der Waals surface area contributed by atoms with Crippen molar-refractivity contribution in [3.63, 3.8) is 0 Å². The normalized spacial score (nSPS) is 12.6. The highest BCUT2D eigenvalue weighted by molar-refractivity contribution is 5.69.